The van der Waals surface area contributed by atoms with Crippen molar-refractivity contribution in [2.75, 3.05) is 7.11 Å². The lowest BCUT2D eigenvalue weighted by Crippen LogP contribution is -2.40. The molecule has 0 saturated carbocycles. The number of rotatable bonds is 5. The lowest BCUT2D eigenvalue weighted by Gasteiger charge is -2.27. The molecule has 3 heteroatoms. The van der Waals surface area contributed by atoms with Crippen LogP contribution in [0.5, 0.6) is 5.75 Å². The Kier molecular flexibility index (Phi) is 4.81. The van der Waals surface area contributed by atoms with E-state index in [1.807, 2.05) is 12.1 Å². The summed E-state index contributed by atoms with van der Waals surface area (Å²) in [4.78, 5) is 0. The third-order valence-electron chi connectivity index (χ3n) is 3.20. The summed E-state index contributed by atoms with van der Waals surface area (Å²) in [6, 6.07) is 6.01. The SMILES string of the molecule is CCC(N)(CC)Cc1cc(OC)ccc1Br. The number of nitrogens with two attached hydrogens (primary N) is 1. The van der Waals surface area contributed by atoms with E-state index in [4.69, 9.17) is 10.5 Å². The molecule has 1 rings (SSSR count). The average Bonchev–Trinajstić information content (AvgIpc) is 2.32. The molecule has 0 heterocycles. The van der Waals surface area contributed by atoms with Gasteiger partial charge in [-0.1, -0.05) is 29.8 Å². The molecule has 0 spiro atoms. The van der Waals surface area contributed by atoms with Crippen LogP contribution in [-0.2, 0) is 6.42 Å². The molecule has 0 saturated heterocycles. The molecule has 1 aromatic rings. The smallest absolute Gasteiger partial charge is 0.119 e. The van der Waals surface area contributed by atoms with Gasteiger partial charge in [0.15, 0.2) is 0 Å². The van der Waals surface area contributed by atoms with Gasteiger partial charge in [0.25, 0.3) is 0 Å². The van der Waals surface area contributed by atoms with Crippen molar-refractivity contribution in [3.8, 4) is 5.75 Å². The summed E-state index contributed by atoms with van der Waals surface area (Å²) in [5, 5.41) is 0. The number of benzene rings is 1. The van der Waals surface area contributed by atoms with Gasteiger partial charge in [-0.15, -0.1) is 0 Å². The van der Waals surface area contributed by atoms with Crippen LogP contribution in [0.1, 0.15) is 32.3 Å². The maximum atomic E-state index is 6.33. The number of methoxy groups -OCH3 is 1. The summed E-state index contributed by atoms with van der Waals surface area (Å²) in [7, 11) is 1.68. The van der Waals surface area contributed by atoms with Crippen molar-refractivity contribution in [3.63, 3.8) is 0 Å². The van der Waals surface area contributed by atoms with Crippen molar-refractivity contribution in [2.45, 2.75) is 38.6 Å². The maximum Gasteiger partial charge on any atom is 0.119 e. The molecular formula is C13H20BrNO. The minimum atomic E-state index is -0.116. The number of ether oxygens (including phenoxy) is 1. The minimum Gasteiger partial charge on any atom is -0.497 e. The number of halogens is 1. The van der Waals surface area contributed by atoms with Crippen LogP contribution in [0.4, 0.5) is 0 Å². The maximum absolute atomic E-state index is 6.33. The van der Waals surface area contributed by atoms with Gasteiger partial charge in [0.2, 0.25) is 0 Å². The van der Waals surface area contributed by atoms with Gasteiger partial charge in [0, 0.05) is 10.0 Å². The highest BCUT2D eigenvalue weighted by Crippen LogP contribution is 2.27. The Morgan fingerprint density at radius 2 is 1.94 bits per heavy atom. The van der Waals surface area contributed by atoms with Gasteiger partial charge >= 0.3 is 0 Å². The van der Waals surface area contributed by atoms with E-state index >= 15 is 0 Å². The molecule has 16 heavy (non-hydrogen) atoms. The highest BCUT2D eigenvalue weighted by Gasteiger charge is 2.21. The quantitative estimate of drug-likeness (QED) is 0.899. The van der Waals surface area contributed by atoms with E-state index in [1.54, 1.807) is 7.11 Å². The van der Waals surface area contributed by atoms with Crippen LogP contribution in [0.15, 0.2) is 22.7 Å². The van der Waals surface area contributed by atoms with E-state index in [-0.39, 0.29) is 5.54 Å². The zero-order chi connectivity index (χ0) is 12.2. The molecule has 0 aliphatic heterocycles. The molecule has 0 atom stereocenters. The van der Waals surface area contributed by atoms with Crippen molar-refractivity contribution in [3.05, 3.63) is 28.2 Å². The Labute approximate surface area is 106 Å². The molecular weight excluding hydrogens is 266 g/mol. The number of hydrogen-bond donors (Lipinski definition) is 1. The standard InChI is InChI=1S/C13H20BrNO/c1-4-13(15,5-2)9-10-8-11(16-3)6-7-12(10)14/h6-8H,4-5,9,15H2,1-3H3. The predicted molar refractivity (Wildman–Crippen MR) is 71.9 cm³/mol. The van der Waals surface area contributed by atoms with E-state index in [1.165, 1.54) is 5.56 Å². The molecule has 2 N–H and O–H groups in total. The van der Waals surface area contributed by atoms with Gasteiger partial charge in [-0.05, 0) is 43.0 Å². The Morgan fingerprint density at radius 3 is 2.44 bits per heavy atom. The van der Waals surface area contributed by atoms with E-state index in [2.05, 4.69) is 35.8 Å². The van der Waals surface area contributed by atoms with E-state index < -0.39 is 0 Å². The van der Waals surface area contributed by atoms with Crippen molar-refractivity contribution in [2.24, 2.45) is 5.73 Å². The summed E-state index contributed by atoms with van der Waals surface area (Å²) < 4.78 is 6.33. The first-order valence-electron chi connectivity index (χ1n) is 5.66. The fourth-order valence-corrected chi connectivity index (χ4v) is 2.08. The van der Waals surface area contributed by atoms with Gasteiger partial charge in [0.1, 0.15) is 5.75 Å². The zero-order valence-corrected chi connectivity index (χ0v) is 11.8. The highest BCUT2D eigenvalue weighted by molar-refractivity contribution is 9.10. The Hall–Kier alpha value is -0.540. The predicted octanol–water partition coefficient (Wildman–Crippen LogP) is 3.52. The summed E-state index contributed by atoms with van der Waals surface area (Å²) in [6.07, 6.45) is 2.83. The van der Waals surface area contributed by atoms with Crippen molar-refractivity contribution in [1.82, 2.24) is 0 Å². The Balaban J connectivity index is 2.95. The van der Waals surface area contributed by atoms with Gasteiger partial charge in [-0.3, -0.25) is 0 Å². The first kappa shape index (κ1) is 13.5. The van der Waals surface area contributed by atoms with Crippen LogP contribution in [0, 0.1) is 0 Å². The van der Waals surface area contributed by atoms with Gasteiger partial charge < -0.3 is 10.5 Å². The minimum absolute atomic E-state index is 0.116. The van der Waals surface area contributed by atoms with Crippen LogP contribution < -0.4 is 10.5 Å². The van der Waals surface area contributed by atoms with Crippen molar-refractivity contribution < 1.29 is 4.74 Å². The largest absolute Gasteiger partial charge is 0.497 e. The van der Waals surface area contributed by atoms with Gasteiger partial charge in [-0.2, -0.15) is 0 Å². The van der Waals surface area contributed by atoms with Crippen LogP contribution in [0.25, 0.3) is 0 Å². The Bertz CT molecular complexity index is 348. The fraction of sp³-hybridized carbons (Fsp3) is 0.538. The molecule has 1 aromatic carbocycles. The molecule has 0 radical (unpaired) electrons. The topological polar surface area (TPSA) is 35.2 Å². The van der Waals surface area contributed by atoms with Crippen LogP contribution in [0.3, 0.4) is 0 Å². The van der Waals surface area contributed by atoms with E-state index in [0.717, 1.165) is 29.5 Å². The molecule has 0 aliphatic carbocycles. The molecule has 0 amide bonds. The van der Waals surface area contributed by atoms with Gasteiger partial charge in [-0.25, -0.2) is 0 Å². The molecule has 0 unspecified atom stereocenters. The summed E-state index contributed by atoms with van der Waals surface area (Å²) in [5.74, 6) is 0.882. The molecule has 0 bridgehead atoms. The summed E-state index contributed by atoms with van der Waals surface area (Å²) in [6.45, 7) is 4.27. The second-order valence-corrected chi connectivity index (χ2v) is 5.06. The Morgan fingerprint density at radius 1 is 1.31 bits per heavy atom. The molecule has 0 aromatic heterocycles. The second kappa shape index (κ2) is 5.69. The highest BCUT2D eigenvalue weighted by atomic mass is 79.9. The first-order valence-corrected chi connectivity index (χ1v) is 6.45. The second-order valence-electron chi connectivity index (χ2n) is 4.20. The fourth-order valence-electron chi connectivity index (χ4n) is 1.69. The molecule has 0 fully saturated rings. The summed E-state index contributed by atoms with van der Waals surface area (Å²) >= 11 is 3.56. The van der Waals surface area contributed by atoms with Crippen molar-refractivity contribution >= 4 is 15.9 Å². The van der Waals surface area contributed by atoms with E-state index in [0.29, 0.717) is 0 Å². The molecule has 2 nitrogen and oxygen atoms in total. The van der Waals surface area contributed by atoms with E-state index in [9.17, 15) is 0 Å². The number of hydrogen-bond acceptors (Lipinski definition) is 2. The summed E-state index contributed by atoms with van der Waals surface area (Å²) in [5.41, 5.74) is 7.42. The molecule has 90 valence electrons. The molecule has 0 aliphatic rings. The first-order chi connectivity index (χ1) is 7.54. The lowest BCUT2D eigenvalue weighted by atomic mass is 9.87. The monoisotopic (exact) mass is 285 g/mol. The normalized spacial score (nSPS) is 11.6. The van der Waals surface area contributed by atoms with Crippen LogP contribution in [-0.4, -0.2) is 12.6 Å². The lowest BCUT2D eigenvalue weighted by molar-refractivity contribution is 0.389. The zero-order valence-electron chi connectivity index (χ0n) is 10.2. The third kappa shape index (κ3) is 3.22. The third-order valence-corrected chi connectivity index (χ3v) is 3.98. The average molecular weight is 286 g/mol. The van der Waals surface area contributed by atoms with Gasteiger partial charge in [0.05, 0.1) is 7.11 Å². The van der Waals surface area contributed by atoms with Crippen LogP contribution in [0.2, 0.25) is 0 Å². The van der Waals surface area contributed by atoms with Crippen LogP contribution >= 0.6 is 15.9 Å². The van der Waals surface area contributed by atoms with Crippen molar-refractivity contribution in [1.29, 1.82) is 0 Å².